The minimum atomic E-state index is -1.15. The molecule has 2 aromatic rings. The fourth-order valence-corrected chi connectivity index (χ4v) is 2.58. The largest absolute Gasteiger partial charge is 0.496 e. The first kappa shape index (κ1) is 20.1. The molecule has 6 nitrogen and oxygen atoms in total. The van der Waals surface area contributed by atoms with Gasteiger partial charge in [-0.05, 0) is 45.0 Å². The fraction of sp³-hybridized carbons (Fsp3) is 0.421. The summed E-state index contributed by atoms with van der Waals surface area (Å²) in [7, 11) is 1.60. The lowest BCUT2D eigenvalue weighted by atomic mass is 10.0. The maximum atomic E-state index is 10.6. The van der Waals surface area contributed by atoms with Crippen LogP contribution in [0.2, 0.25) is 5.02 Å². The third-order valence-electron chi connectivity index (χ3n) is 3.87. The Morgan fingerprint density at radius 1 is 1.31 bits per heavy atom. The molecule has 1 heterocycles. The van der Waals surface area contributed by atoms with E-state index in [0.29, 0.717) is 35.6 Å². The molecule has 0 saturated heterocycles. The van der Waals surface area contributed by atoms with Crippen molar-refractivity contribution in [3.8, 4) is 5.75 Å². The van der Waals surface area contributed by atoms with Crippen molar-refractivity contribution in [3.63, 3.8) is 0 Å². The number of benzene rings is 1. The Morgan fingerprint density at radius 3 is 2.69 bits per heavy atom. The van der Waals surface area contributed by atoms with Gasteiger partial charge in [-0.1, -0.05) is 17.7 Å². The van der Waals surface area contributed by atoms with Crippen LogP contribution in [0, 0.1) is 6.92 Å². The minimum absolute atomic E-state index is 0.254. The van der Waals surface area contributed by atoms with E-state index < -0.39 is 5.60 Å². The summed E-state index contributed by atoms with van der Waals surface area (Å²) in [4.78, 5) is 4.55. The van der Waals surface area contributed by atoms with Crippen molar-refractivity contribution in [3.05, 3.63) is 52.4 Å². The summed E-state index contributed by atoms with van der Waals surface area (Å²) in [6.07, 6.45) is 0. The van der Waals surface area contributed by atoms with Crippen molar-refractivity contribution in [1.29, 1.82) is 0 Å². The van der Waals surface area contributed by atoms with E-state index in [0.717, 1.165) is 11.3 Å². The second kappa shape index (κ2) is 8.96. The highest BCUT2D eigenvalue weighted by Crippen LogP contribution is 2.24. The van der Waals surface area contributed by atoms with E-state index in [1.807, 2.05) is 26.0 Å². The standard InChI is InChI=1S/C19H26ClN3O3/c1-5-21-18(22-11-14-7-8-15(20)10-16(14)25-4)23-12-19(3,24)17-9-6-13(2)26-17/h6-10,24H,5,11-12H2,1-4H3,(H2,21,22,23). The summed E-state index contributed by atoms with van der Waals surface area (Å²) in [6.45, 7) is 6.89. The molecular formula is C19H26ClN3O3. The van der Waals surface area contributed by atoms with Gasteiger partial charge in [-0.25, -0.2) is 4.99 Å². The topological polar surface area (TPSA) is 79.0 Å². The molecule has 1 atom stereocenters. The van der Waals surface area contributed by atoms with E-state index >= 15 is 0 Å². The SMILES string of the molecule is CCNC(=NCc1ccc(Cl)cc1OC)NCC(C)(O)c1ccc(C)o1. The predicted molar refractivity (Wildman–Crippen MR) is 104 cm³/mol. The summed E-state index contributed by atoms with van der Waals surface area (Å²) in [5, 5.41) is 17.6. The molecule has 0 radical (unpaired) electrons. The number of hydrogen-bond acceptors (Lipinski definition) is 4. The average Bonchev–Trinajstić information content (AvgIpc) is 3.05. The van der Waals surface area contributed by atoms with Gasteiger partial charge in [0.1, 0.15) is 22.9 Å². The number of nitrogens with zero attached hydrogens (tertiary/aromatic N) is 1. The van der Waals surface area contributed by atoms with Crippen molar-refractivity contribution in [2.75, 3.05) is 20.2 Å². The number of ether oxygens (including phenoxy) is 1. The molecule has 0 saturated carbocycles. The van der Waals surface area contributed by atoms with Crippen LogP contribution in [0.4, 0.5) is 0 Å². The van der Waals surface area contributed by atoms with Crippen LogP contribution >= 0.6 is 11.6 Å². The lowest BCUT2D eigenvalue weighted by molar-refractivity contribution is 0.0378. The molecule has 0 aliphatic carbocycles. The van der Waals surface area contributed by atoms with Crippen LogP contribution in [-0.2, 0) is 12.1 Å². The Bertz CT molecular complexity index is 756. The summed E-state index contributed by atoms with van der Waals surface area (Å²) >= 11 is 5.99. The lowest BCUT2D eigenvalue weighted by Crippen LogP contribution is -2.44. The van der Waals surface area contributed by atoms with Gasteiger partial charge in [0, 0.05) is 17.1 Å². The third kappa shape index (κ3) is 5.41. The van der Waals surface area contributed by atoms with Crippen LogP contribution in [0.3, 0.4) is 0 Å². The molecule has 0 aliphatic heterocycles. The Morgan fingerprint density at radius 2 is 2.08 bits per heavy atom. The van der Waals surface area contributed by atoms with Gasteiger partial charge >= 0.3 is 0 Å². The van der Waals surface area contributed by atoms with E-state index in [-0.39, 0.29) is 6.54 Å². The first-order chi connectivity index (χ1) is 12.4. The molecule has 0 aliphatic rings. The van der Waals surface area contributed by atoms with E-state index in [1.54, 1.807) is 32.2 Å². The number of aliphatic imine (C=N–C) groups is 1. The third-order valence-corrected chi connectivity index (χ3v) is 4.11. The van der Waals surface area contributed by atoms with Crippen LogP contribution in [0.5, 0.6) is 5.75 Å². The smallest absolute Gasteiger partial charge is 0.191 e. The molecule has 142 valence electrons. The molecule has 0 bridgehead atoms. The number of aryl methyl sites for hydroxylation is 1. The Labute approximate surface area is 159 Å². The van der Waals surface area contributed by atoms with E-state index in [1.165, 1.54) is 0 Å². The zero-order valence-corrected chi connectivity index (χ0v) is 16.4. The number of methoxy groups -OCH3 is 1. The minimum Gasteiger partial charge on any atom is -0.496 e. The number of halogens is 1. The molecular weight excluding hydrogens is 354 g/mol. The fourth-order valence-electron chi connectivity index (χ4n) is 2.42. The summed E-state index contributed by atoms with van der Waals surface area (Å²) in [5.41, 5.74) is -0.231. The maximum Gasteiger partial charge on any atom is 0.191 e. The van der Waals surface area contributed by atoms with E-state index in [2.05, 4.69) is 15.6 Å². The van der Waals surface area contributed by atoms with Crippen LogP contribution in [-0.4, -0.2) is 31.3 Å². The van der Waals surface area contributed by atoms with E-state index in [4.69, 9.17) is 20.8 Å². The van der Waals surface area contributed by atoms with Gasteiger partial charge in [-0.2, -0.15) is 0 Å². The zero-order chi connectivity index (χ0) is 19.2. The number of nitrogens with one attached hydrogen (secondary N) is 2. The van der Waals surface area contributed by atoms with Gasteiger partial charge in [0.15, 0.2) is 5.96 Å². The average molecular weight is 380 g/mol. The molecule has 1 aromatic heterocycles. The van der Waals surface area contributed by atoms with Gasteiger partial charge < -0.3 is 24.9 Å². The van der Waals surface area contributed by atoms with Gasteiger partial charge in [0.25, 0.3) is 0 Å². The molecule has 26 heavy (non-hydrogen) atoms. The highest BCUT2D eigenvalue weighted by molar-refractivity contribution is 6.30. The van der Waals surface area contributed by atoms with Crippen LogP contribution in [0.1, 0.15) is 30.9 Å². The maximum absolute atomic E-state index is 10.6. The Hall–Kier alpha value is -2.18. The number of guanidine groups is 1. The number of rotatable bonds is 7. The first-order valence-electron chi connectivity index (χ1n) is 8.49. The molecule has 0 spiro atoms. The monoisotopic (exact) mass is 379 g/mol. The normalized spacial score (nSPS) is 14.0. The van der Waals surface area contributed by atoms with Crippen molar-refractivity contribution in [2.24, 2.45) is 4.99 Å². The number of furan rings is 1. The van der Waals surface area contributed by atoms with Crippen molar-refractivity contribution in [2.45, 2.75) is 32.9 Å². The summed E-state index contributed by atoms with van der Waals surface area (Å²) in [6, 6.07) is 9.06. The molecule has 1 aromatic carbocycles. The molecule has 0 amide bonds. The molecule has 1 unspecified atom stereocenters. The molecule has 3 N–H and O–H groups in total. The number of aliphatic hydroxyl groups is 1. The second-order valence-corrected chi connectivity index (χ2v) is 6.63. The van der Waals surface area contributed by atoms with Crippen molar-refractivity contribution in [1.82, 2.24) is 10.6 Å². The Kier molecular flexibility index (Phi) is 6.94. The molecule has 0 fully saturated rings. The summed E-state index contributed by atoms with van der Waals surface area (Å²) in [5.74, 6) is 2.55. The van der Waals surface area contributed by atoms with Crippen LogP contribution < -0.4 is 15.4 Å². The molecule has 7 heteroatoms. The second-order valence-electron chi connectivity index (χ2n) is 6.19. The highest BCUT2D eigenvalue weighted by atomic mass is 35.5. The predicted octanol–water partition coefficient (Wildman–Crippen LogP) is 3.21. The quantitative estimate of drug-likeness (QED) is 0.508. The lowest BCUT2D eigenvalue weighted by Gasteiger charge is -2.23. The van der Waals surface area contributed by atoms with E-state index in [9.17, 15) is 5.11 Å². The van der Waals surface area contributed by atoms with Crippen LogP contribution in [0.25, 0.3) is 0 Å². The molecule has 2 rings (SSSR count). The number of hydrogen-bond donors (Lipinski definition) is 3. The van der Waals surface area contributed by atoms with Gasteiger partial charge in [-0.15, -0.1) is 0 Å². The van der Waals surface area contributed by atoms with Crippen molar-refractivity contribution >= 4 is 17.6 Å². The zero-order valence-electron chi connectivity index (χ0n) is 15.6. The van der Waals surface area contributed by atoms with Gasteiger partial charge in [0.05, 0.1) is 20.2 Å². The Balaban J connectivity index is 2.07. The van der Waals surface area contributed by atoms with Gasteiger partial charge in [0.2, 0.25) is 0 Å². The van der Waals surface area contributed by atoms with Gasteiger partial charge in [-0.3, -0.25) is 0 Å². The van der Waals surface area contributed by atoms with Crippen LogP contribution in [0.15, 0.2) is 39.7 Å². The highest BCUT2D eigenvalue weighted by Gasteiger charge is 2.27. The summed E-state index contributed by atoms with van der Waals surface area (Å²) < 4.78 is 10.9. The van der Waals surface area contributed by atoms with Crippen molar-refractivity contribution < 1.29 is 14.3 Å². The first-order valence-corrected chi connectivity index (χ1v) is 8.87.